The van der Waals surface area contributed by atoms with Crippen LogP contribution in [0.15, 0.2) is 29.2 Å². The van der Waals surface area contributed by atoms with E-state index < -0.39 is 10.0 Å². The van der Waals surface area contributed by atoms with Crippen molar-refractivity contribution in [3.8, 4) is 0 Å². The highest BCUT2D eigenvalue weighted by molar-refractivity contribution is 7.89. The average molecular weight is 352 g/mol. The zero-order valence-corrected chi connectivity index (χ0v) is 15.0. The fraction of sp³-hybridized carbons (Fsp3) is 0.588. The van der Waals surface area contributed by atoms with Gasteiger partial charge in [-0.25, -0.2) is 8.42 Å². The molecule has 3 rings (SSSR count). The largest absolute Gasteiger partial charge is 0.373 e. The molecule has 0 N–H and O–H groups in total. The van der Waals surface area contributed by atoms with Gasteiger partial charge in [-0.1, -0.05) is 0 Å². The Morgan fingerprint density at radius 2 is 1.58 bits per heavy atom. The quantitative estimate of drug-likeness (QED) is 0.831. The van der Waals surface area contributed by atoms with Crippen molar-refractivity contribution in [3.05, 3.63) is 29.8 Å². The van der Waals surface area contributed by atoms with Crippen LogP contribution in [0, 0.1) is 0 Å². The highest BCUT2D eigenvalue weighted by Gasteiger charge is 2.32. The molecular formula is C17H24N2O4S. The molecule has 2 aliphatic rings. The van der Waals surface area contributed by atoms with Crippen molar-refractivity contribution in [1.82, 2.24) is 9.21 Å². The van der Waals surface area contributed by atoms with Gasteiger partial charge in [-0.05, 0) is 51.0 Å². The van der Waals surface area contributed by atoms with Crippen LogP contribution in [0.25, 0.3) is 0 Å². The van der Waals surface area contributed by atoms with Crippen molar-refractivity contribution in [2.75, 3.05) is 26.2 Å². The molecule has 1 aromatic carbocycles. The summed E-state index contributed by atoms with van der Waals surface area (Å²) in [7, 11) is -3.56. The van der Waals surface area contributed by atoms with Crippen LogP contribution in [0.1, 0.15) is 37.0 Å². The molecule has 132 valence electrons. The first kappa shape index (κ1) is 17.4. The summed E-state index contributed by atoms with van der Waals surface area (Å²) in [6.45, 7) is 6.00. The second-order valence-electron chi connectivity index (χ2n) is 6.60. The molecule has 6 nitrogen and oxygen atoms in total. The first-order chi connectivity index (χ1) is 11.4. The van der Waals surface area contributed by atoms with Crippen molar-refractivity contribution in [3.63, 3.8) is 0 Å². The van der Waals surface area contributed by atoms with E-state index in [0.29, 0.717) is 18.7 Å². The van der Waals surface area contributed by atoms with Crippen LogP contribution in [0.4, 0.5) is 0 Å². The average Bonchev–Trinajstić information content (AvgIpc) is 3.08. The number of morpholine rings is 1. The van der Waals surface area contributed by atoms with Gasteiger partial charge in [0.15, 0.2) is 0 Å². The van der Waals surface area contributed by atoms with Crippen molar-refractivity contribution in [2.45, 2.75) is 43.8 Å². The Bertz CT molecular complexity index is 686. The first-order valence-corrected chi connectivity index (χ1v) is 9.87. The van der Waals surface area contributed by atoms with Gasteiger partial charge in [0, 0.05) is 31.7 Å². The van der Waals surface area contributed by atoms with Crippen molar-refractivity contribution in [1.29, 1.82) is 0 Å². The maximum Gasteiger partial charge on any atom is 0.253 e. The smallest absolute Gasteiger partial charge is 0.253 e. The number of sulfonamides is 1. The third kappa shape index (κ3) is 3.48. The molecule has 2 saturated heterocycles. The monoisotopic (exact) mass is 352 g/mol. The molecule has 24 heavy (non-hydrogen) atoms. The van der Waals surface area contributed by atoms with Crippen LogP contribution in [0.2, 0.25) is 0 Å². The van der Waals surface area contributed by atoms with E-state index in [1.165, 1.54) is 16.4 Å². The molecule has 0 unspecified atom stereocenters. The van der Waals surface area contributed by atoms with Crippen molar-refractivity contribution in [2.24, 2.45) is 0 Å². The lowest BCUT2D eigenvalue weighted by molar-refractivity contribution is -0.0440. The van der Waals surface area contributed by atoms with E-state index in [9.17, 15) is 13.2 Å². The molecule has 0 aromatic heterocycles. The topological polar surface area (TPSA) is 66.9 Å². The van der Waals surface area contributed by atoms with Gasteiger partial charge < -0.3 is 9.64 Å². The molecule has 0 spiro atoms. The van der Waals surface area contributed by atoms with Gasteiger partial charge in [0.1, 0.15) is 0 Å². The van der Waals surface area contributed by atoms with Gasteiger partial charge in [0.2, 0.25) is 10.0 Å². The number of carbonyl (C=O) groups is 1. The molecule has 2 heterocycles. The number of hydrogen-bond donors (Lipinski definition) is 0. The number of nitrogens with zero attached hydrogens (tertiary/aromatic N) is 2. The van der Waals surface area contributed by atoms with E-state index in [1.807, 2.05) is 18.7 Å². The van der Waals surface area contributed by atoms with Crippen molar-refractivity contribution >= 4 is 15.9 Å². The normalized spacial score (nSPS) is 25.8. The molecule has 0 bridgehead atoms. The third-order valence-electron chi connectivity index (χ3n) is 4.52. The van der Waals surface area contributed by atoms with E-state index in [2.05, 4.69) is 0 Å². The fourth-order valence-corrected chi connectivity index (χ4v) is 4.94. The Kier molecular flexibility index (Phi) is 4.94. The Labute approximate surface area is 143 Å². The number of amides is 1. The number of ether oxygens (including phenoxy) is 1. The number of carbonyl (C=O) groups excluding carboxylic acids is 1. The summed E-state index contributed by atoms with van der Waals surface area (Å²) >= 11 is 0. The highest BCUT2D eigenvalue weighted by atomic mass is 32.2. The molecule has 0 saturated carbocycles. The van der Waals surface area contributed by atoms with Gasteiger partial charge in [-0.15, -0.1) is 0 Å². The minimum Gasteiger partial charge on any atom is -0.373 e. The SMILES string of the molecule is C[C@@H]1CN(S(=O)(=O)c2ccc(C(=O)N3CCCC3)cc2)C[C@H](C)O1. The standard InChI is InChI=1S/C17H24N2O4S/c1-13-11-19(12-14(2)23-13)24(21,22)16-7-5-15(6-8-16)17(20)18-9-3-4-10-18/h5-8,13-14H,3-4,9-12H2,1-2H3/t13-,14+. The van der Waals surface area contributed by atoms with Gasteiger partial charge in [-0.2, -0.15) is 4.31 Å². The van der Waals surface area contributed by atoms with Crippen molar-refractivity contribution < 1.29 is 17.9 Å². The zero-order valence-electron chi connectivity index (χ0n) is 14.1. The number of rotatable bonds is 3. The molecule has 2 atom stereocenters. The van der Waals surface area contributed by atoms with E-state index in [0.717, 1.165) is 25.9 Å². The van der Waals surface area contributed by atoms with Gasteiger partial charge in [0.05, 0.1) is 17.1 Å². The minimum atomic E-state index is -3.56. The van der Waals surface area contributed by atoms with Gasteiger partial charge in [-0.3, -0.25) is 4.79 Å². The molecule has 7 heteroatoms. The van der Waals surface area contributed by atoms with E-state index >= 15 is 0 Å². The molecular weight excluding hydrogens is 328 g/mol. The van der Waals surface area contributed by atoms with E-state index in [4.69, 9.17) is 4.74 Å². The molecule has 0 aliphatic carbocycles. The maximum atomic E-state index is 12.8. The number of benzene rings is 1. The van der Waals surface area contributed by atoms with Crippen LogP contribution in [0.3, 0.4) is 0 Å². The molecule has 2 fully saturated rings. The van der Waals surface area contributed by atoms with Crippen LogP contribution in [0.5, 0.6) is 0 Å². The summed E-state index contributed by atoms with van der Waals surface area (Å²) in [5.41, 5.74) is 0.541. The second kappa shape index (κ2) is 6.82. The van der Waals surface area contributed by atoms with E-state index in [1.54, 1.807) is 12.1 Å². The molecule has 1 amide bonds. The first-order valence-electron chi connectivity index (χ1n) is 8.43. The summed E-state index contributed by atoms with van der Waals surface area (Å²) in [5, 5.41) is 0. The zero-order chi connectivity index (χ0) is 17.3. The lowest BCUT2D eigenvalue weighted by Crippen LogP contribution is -2.48. The summed E-state index contributed by atoms with van der Waals surface area (Å²) in [5.74, 6) is -0.0231. The number of likely N-dealkylation sites (tertiary alicyclic amines) is 1. The van der Waals surface area contributed by atoms with E-state index in [-0.39, 0.29) is 23.0 Å². The Hall–Kier alpha value is -1.44. The second-order valence-corrected chi connectivity index (χ2v) is 8.54. The lowest BCUT2D eigenvalue weighted by atomic mass is 10.2. The number of hydrogen-bond acceptors (Lipinski definition) is 4. The molecule has 0 radical (unpaired) electrons. The summed E-state index contributed by atoms with van der Waals surface area (Å²) in [4.78, 5) is 14.4. The third-order valence-corrected chi connectivity index (χ3v) is 6.36. The minimum absolute atomic E-state index is 0.0231. The predicted octanol–water partition coefficient (Wildman–Crippen LogP) is 1.72. The van der Waals surface area contributed by atoms with Gasteiger partial charge >= 0.3 is 0 Å². The fourth-order valence-electron chi connectivity index (χ4n) is 3.35. The van der Waals surface area contributed by atoms with Crippen LogP contribution < -0.4 is 0 Å². The summed E-state index contributed by atoms with van der Waals surface area (Å²) in [6, 6.07) is 6.29. The Morgan fingerprint density at radius 3 is 2.12 bits per heavy atom. The van der Waals surface area contributed by atoms with Crippen LogP contribution >= 0.6 is 0 Å². The van der Waals surface area contributed by atoms with Crippen LogP contribution in [-0.4, -0.2) is 61.9 Å². The highest BCUT2D eigenvalue weighted by Crippen LogP contribution is 2.22. The molecule has 2 aliphatic heterocycles. The Morgan fingerprint density at radius 1 is 1.04 bits per heavy atom. The Balaban J connectivity index is 1.78. The molecule has 1 aromatic rings. The predicted molar refractivity (Wildman–Crippen MR) is 90.3 cm³/mol. The summed E-state index contributed by atoms with van der Waals surface area (Å²) in [6.07, 6.45) is 1.82. The summed E-state index contributed by atoms with van der Waals surface area (Å²) < 4.78 is 32.6. The van der Waals surface area contributed by atoms with Crippen LogP contribution in [-0.2, 0) is 14.8 Å². The maximum absolute atomic E-state index is 12.8. The lowest BCUT2D eigenvalue weighted by Gasteiger charge is -2.34. The van der Waals surface area contributed by atoms with Gasteiger partial charge in [0.25, 0.3) is 5.91 Å².